The molecule has 8 nitrogen and oxygen atoms in total. The molecule has 0 aromatic carbocycles. The van der Waals surface area contributed by atoms with Crippen LogP contribution in [0.2, 0.25) is 0 Å². The Morgan fingerprint density at radius 3 is 2.40 bits per heavy atom. The molecule has 2 amide bonds. The molecule has 2 fully saturated rings. The maximum absolute atomic E-state index is 12.2. The molecule has 1 aromatic heterocycles. The van der Waals surface area contributed by atoms with Crippen LogP contribution >= 0.6 is 0 Å². The first-order valence-electron chi connectivity index (χ1n) is 8.85. The second kappa shape index (κ2) is 8.26. The predicted octanol–water partition coefficient (Wildman–Crippen LogP) is -0.876. The van der Waals surface area contributed by atoms with Crippen LogP contribution in [0, 0.1) is 0 Å². The molecule has 0 atom stereocenters. The van der Waals surface area contributed by atoms with Gasteiger partial charge in [-0.1, -0.05) is 0 Å². The number of rotatable bonds is 5. The number of piperazine rings is 2. The summed E-state index contributed by atoms with van der Waals surface area (Å²) in [7, 11) is 0. The number of anilines is 1. The number of pyridine rings is 1. The lowest BCUT2D eigenvalue weighted by Crippen LogP contribution is -2.49. The van der Waals surface area contributed by atoms with E-state index in [1.807, 2.05) is 11.0 Å². The summed E-state index contributed by atoms with van der Waals surface area (Å²) < 4.78 is 0. The zero-order chi connectivity index (χ0) is 17.6. The first kappa shape index (κ1) is 17.6. The lowest BCUT2D eigenvalue weighted by molar-refractivity contribution is -0.132. The Kier molecular flexibility index (Phi) is 5.83. The number of carbonyl (C=O) groups is 2. The standard InChI is InChI=1S/C17H26N6O2/c18-17(25)14-1-2-15(20-13-14)22-11-9-21(10-12-22)6-3-16(24)23-7-4-19-5-8-23/h1-2,13,19H,3-12H2,(H2,18,25). The Morgan fingerprint density at radius 1 is 1.08 bits per heavy atom. The minimum absolute atomic E-state index is 0.257. The lowest BCUT2D eigenvalue weighted by Gasteiger charge is -2.35. The van der Waals surface area contributed by atoms with Crippen molar-refractivity contribution in [1.82, 2.24) is 20.1 Å². The number of nitrogens with zero attached hydrogens (tertiary/aromatic N) is 4. The summed E-state index contributed by atoms with van der Waals surface area (Å²) in [5, 5.41) is 3.26. The average Bonchev–Trinajstić information content (AvgIpc) is 2.67. The largest absolute Gasteiger partial charge is 0.366 e. The molecule has 2 aliphatic rings. The van der Waals surface area contributed by atoms with Gasteiger partial charge in [-0.05, 0) is 12.1 Å². The molecule has 8 heteroatoms. The molecule has 2 saturated heterocycles. The highest BCUT2D eigenvalue weighted by Gasteiger charge is 2.21. The fourth-order valence-corrected chi connectivity index (χ4v) is 3.25. The third kappa shape index (κ3) is 4.67. The second-order valence-electron chi connectivity index (χ2n) is 6.48. The maximum Gasteiger partial charge on any atom is 0.250 e. The maximum atomic E-state index is 12.2. The van der Waals surface area contributed by atoms with E-state index in [0.717, 1.165) is 64.7 Å². The molecule has 3 heterocycles. The first-order valence-corrected chi connectivity index (χ1v) is 8.85. The van der Waals surface area contributed by atoms with Crippen molar-refractivity contribution in [2.45, 2.75) is 6.42 Å². The Morgan fingerprint density at radius 2 is 1.80 bits per heavy atom. The number of amides is 2. The van der Waals surface area contributed by atoms with Crippen molar-refractivity contribution in [2.75, 3.05) is 63.8 Å². The van der Waals surface area contributed by atoms with Gasteiger partial charge in [0.1, 0.15) is 5.82 Å². The van der Waals surface area contributed by atoms with E-state index in [9.17, 15) is 9.59 Å². The fraction of sp³-hybridized carbons (Fsp3) is 0.588. The summed E-state index contributed by atoms with van der Waals surface area (Å²) in [6.07, 6.45) is 2.11. The number of hydrogen-bond donors (Lipinski definition) is 2. The highest BCUT2D eigenvalue weighted by molar-refractivity contribution is 5.92. The van der Waals surface area contributed by atoms with Crippen molar-refractivity contribution in [3.8, 4) is 0 Å². The SMILES string of the molecule is NC(=O)c1ccc(N2CCN(CCC(=O)N3CCNCC3)CC2)nc1. The van der Waals surface area contributed by atoms with Crippen molar-refractivity contribution < 1.29 is 9.59 Å². The molecule has 136 valence electrons. The van der Waals surface area contributed by atoms with Crippen molar-refractivity contribution in [3.05, 3.63) is 23.9 Å². The van der Waals surface area contributed by atoms with Gasteiger partial charge < -0.3 is 20.9 Å². The summed E-state index contributed by atoms with van der Waals surface area (Å²) in [4.78, 5) is 34.1. The molecule has 0 saturated carbocycles. The van der Waals surface area contributed by atoms with Gasteiger partial charge in [-0.25, -0.2) is 4.98 Å². The zero-order valence-electron chi connectivity index (χ0n) is 14.5. The second-order valence-corrected chi connectivity index (χ2v) is 6.48. The van der Waals surface area contributed by atoms with Gasteiger partial charge in [0.15, 0.2) is 0 Å². The third-order valence-electron chi connectivity index (χ3n) is 4.84. The summed E-state index contributed by atoms with van der Waals surface area (Å²) in [6, 6.07) is 3.55. The lowest BCUT2D eigenvalue weighted by atomic mass is 10.2. The monoisotopic (exact) mass is 346 g/mol. The summed E-state index contributed by atoms with van der Waals surface area (Å²) >= 11 is 0. The Labute approximate surface area is 148 Å². The quantitative estimate of drug-likeness (QED) is 0.719. The molecule has 1 aromatic rings. The van der Waals surface area contributed by atoms with Crippen LogP contribution in [-0.2, 0) is 4.79 Å². The highest BCUT2D eigenvalue weighted by Crippen LogP contribution is 2.14. The molecule has 25 heavy (non-hydrogen) atoms. The van der Waals surface area contributed by atoms with Gasteiger partial charge in [0.25, 0.3) is 0 Å². The van der Waals surface area contributed by atoms with Crippen molar-refractivity contribution >= 4 is 17.6 Å². The zero-order valence-corrected chi connectivity index (χ0v) is 14.5. The van der Waals surface area contributed by atoms with Crippen LogP contribution in [0.15, 0.2) is 18.3 Å². The molecule has 3 N–H and O–H groups in total. The Balaban J connectivity index is 1.42. The number of primary amides is 1. The molecule has 2 aliphatic heterocycles. The van der Waals surface area contributed by atoms with E-state index in [0.29, 0.717) is 12.0 Å². The number of carbonyl (C=O) groups excluding carboxylic acids is 2. The van der Waals surface area contributed by atoms with E-state index in [1.165, 1.54) is 6.20 Å². The highest BCUT2D eigenvalue weighted by atomic mass is 16.2. The van der Waals surface area contributed by atoms with Crippen molar-refractivity contribution in [3.63, 3.8) is 0 Å². The van der Waals surface area contributed by atoms with Gasteiger partial charge in [0.2, 0.25) is 11.8 Å². The van der Waals surface area contributed by atoms with E-state index >= 15 is 0 Å². The first-order chi connectivity index (χ1) is 12.1. The molecular formula is C17H26N6O2. The smallest absolute Gasteiger partial charge is 0.250 e. The van der Waals surface area contributed by atoms with Crippen LogP contribution in [0.3, 0.4) is 0 Å². The molecule has 0 aliphatic carbocycles. The molecule has 0 spiro atoms. The number of hydrogen-bond acceptors (Lipinski definition) is 6. The number of aromatic nitrogens is 1. The number of nitrogens with two attached hydrogens (primary N) is 1. The van der Waals surface area contributed by atoms with Crippen LogP contribution in [0.25, 0.3) is 0 Å². The molecule has 0 radical (unpaired) electrons. The molecule has 3 rings (SSSR count). The van der Waals surface area contributed by atoms with E-state index < -0.39 is 5.91 Å². The van der Waals surface area contributed by atoms with Crippen LogP contribution in [0.1, 0.15) is 16.8 Å². The van der Waals surface area contributed by atoms with Gasteiger partial charge in [-0.2, -0.15) is 0 Å². The van der Waals surface area contributed by atoms with Crippen molar-refractivity contribution in [1.29, 1.82) is 0 Å². The van der Waals surface area contributed by atoms with Crippen LogP contribution in [0.5, 0.6) is 0 Å². The van der Waals surface area contributed by atoms with E-state index in [2.05, 4.69) is 20.1 Å². The Hall–Kier alpha value is -2.19. The average molecular weight is 346 g/mol. The van der Waals surface area contributed by atoms with Gasteiger partial charge in [0.05, 0.1) is 5.56 Å². The summed E-state index contributed by atoms with van der Waals surface area (Å²) in [6.45, 7) is 7.79. The topological polar surface area (TPSA) is 94.8 Å². The van der Waals surface area contributed by atoms with Gasteiger partial charge in [0, 0.05) is 71.5 Å². The van der Waals surface area contributed by atoms with Gasteiger partial charge >= 0.3 is 0 Å². The number of nitrogens with one attached hydrogen (secondary N) is 1. The third-order valence-corrected chi connectivity index (χ3v) is 4.84. The van der Waals surface area contributed by atoms with Crippen LogP contribution in [-0.4, -0.2) is 85.5 Å². The molecular weight excluding hydrogens is 320 g/mol. The van der Waals surface area contributed by atoms with E-state index in [1.54, 1.807) is 6.07 Å². The van der Waals surface area contributed by atoms with Gasteiger partial charge in [-0.15, -0.1) is 0 Å². The van der Waals surface area contributed by atoms with Crippen molar-refractivity contribution in [2.24, 2.45) is 5.73 Å². The minimum Gasteiger partial charge on any atom is -0.366 e. The van der Waals surface area contributed by atoms with Crippen LogP contribution < -0.4 is 16.0 Å². The Bertz CT molecular complexity index is 592. The van der Waals surface area contributed by atoms with E-state index in [4.69, 9.17) is 5.73 Å². The van der Waals surface area contributed by atoms with Gasteiger partial charge in [-0.3, -0.25) is 14.5 Å². The fourth-order valence-electron chi connectivity index (χ4n) is 3.25. The molecule has 0 bridgehead atoms. The normalized spacial score (nSPS) is 19.0. The predicted molar refractivity (Wildman–Crippen MR) is 95.5 cm³/mol. The summed E-state index contributed by atoms with van der Waals surface area (Å²) in [5.74, 6) is 0.659. The van der Waals surface area contributed by atoms with Crippen LogP contribution in [0.4, 0.5) is 5.82 Å². The minimum atomic E-state index is -0.460. The van der Waals surface area contributed by atoms with E-state index in [-0.39, 0.29) is 5.91 Å². The molecule has 0 unspecified atom stereocenters. The summed E-state index contributed by atoms with van der Waals surface area (Å²) in [5.41, 5.74) is 5.66.